The van der Waals surface area contributed by atoms with Crippen LogP contribution in [0.25, 0.3) is 0 Å². The van der Waals surface area contributed by atoms with Crippen molar-refractivity contribution in [2.45, 2.75) is 37.1 Å². The van der Waals surface area contributed by atoms with Crippen LogP contribution in [0.4, 0.5) is 0 Å². The SMILES string of the molecule is CC(C)(C)c1ccc(SCC(=O)N2CCOCC2C(=O)O)cc1. The van der Waals surface area contributed by atoms with Gasteiger partial charge in [0, 0.05) is 11.4 Å². The monoisotopic (exact) mass is 337 g/mol. The molecule has 0 saturated carbocycles. The minimum atomic E-state index is -1.02. The maximum atomic E-state index is 12.3. The Morgan fingerprint density at radius 2 is 1.96 bits per heavy atom. The second kappa shape index (κ2) is 7.36. The van der Waals surface area contributed by atoms with Crippen molar-refractivity contribution in [3.63, 3.8) is 0 Å². The maximum absolute atomic E-state index is 12.3. The van der Waals surface area contributed by atoms with Gasteiger partial charge in [0.25, 0.3) is 0 Å². The van der Waals surface area contributed by atoms with Crippen molar-refractivity contribution in [2.24, 2.45) is 0 Å². The Kier molecular flexibility index (Phi) is 5.70. The number of aliphatic carboxylic acids is 1. The van der Waals surface area contributed by atoms with E-state index in [1.165, 1.54) is 22.2 Å². The number of carboxylic acids is 1. The average Bonchev–Trinajstić information content (AvgIpc) is 2.52. The van der Waals surface area contributed by atoms with Crippen LogP contribution < -0.4 is 0 Å². The molecule has 1 amide bonds. The van der Waals surface area contributed by atoms with Gasteiger partial charge in [-0.3, -0.25) is 4.79 Å². The van der Waals surface area contributed by atoms with Gasteiger partial charge < -0.3 is 14.7 Å². The van der Waals surface area contributed by atoms with Crippen LogP contribution in [0.3, 0.4) is 0 Å². The lowest BCUT2D eigenvalue weighted by Gasteiger charge is -2.32. The predicted molar refractivity (Wildman–Crippen MR) is 89.8 cm³/mol. The molecule has 1 N–H and O–H groups in total. The first-order valence-electron chi connectivity index (χ1n) is 7.62. The smallest absolute Gasteiger partial charge is 0.328 e. The third-order valence-electron chi connectivity index (χ3n) is 3.82. The van der Waals surface area contributed by atoms with Gasteiger partial charge in [0.05, 0.1) is 19.0 Å². The Balaban J connectivity index is 1.94. The first kappa shape index (κ1) is 17.8. The summed E-state index contributed by atoms with van der Waals surface area (Å²) in [5.41, 5.74) is 1.34. The molecular weight excluding hydrogens is 314 g/mol. The fourth-order valence-electron chi connectivity index (χ4n) is 2.39. The zero-order chi connectivity index (χ0) is 17.0. The lowest BCUT2D eigenvalue weighted by atomic mass is 9.87. The van der Waals surface area contributed by atoms with Crippen LogP contribution in [0.1, 0.15) is 26.3 Å². The highest BCUT2D eigenvalue weighted by atomic mass is 32.2. The van der Waals surface area contributed by atoms with E-state index in [1.807, 2.05) is 12.1 Å². The maximum Gasteiger partial charge on any atom is 0.328 e. The zero-order valence-corrected chi connectivity index (χ0v) is 14.6. The quantitative estimate of drug-likeness (QED) is 0.855. The summed E-state index contributed by atoms with van der Waals surface area (Å²) in [6.45, 7) is 7.25. The summed E-state index contributed by atoms with van der Waals surface area (Å²) in [6.07, 6.45) is 0. The van der Waals surface area contributed by atoms with Gasteiger partial charge in [-0.1, -0.05) is 32.9 Å². The average molecular weight is 337 g/mol. The van der Waals surface area contributed by atoms with Crippen molar-refractivity contribution >= 4 is 23.6 Å². The van der Waals surface area contributed by atoms with Crippen LogP contribution in [0.2, 0.25) is 0 Å². The number of thioether (sulfide) groups is 1. The fourth-order valence-corrected chi connectivity index (χ4v) is 3.17. The molecule has 1 fully saturated rings. The molecule has 0 radical (unpaired) electrons. The molecule has 1 saturated heterocycles. The van der Waals surface area contributed by atoms with Gasteiger partial charge in [-0.15, -0.1) is 11.8 Å². The van der Waals surface area contributed by atoms with Gasteiger partial charge >= 0.3 is 5.97 Å². The molecule has 1 heterocycles. The topological polar surface area (TPSA) is 66.8 Å². The molecule has 6 heteroatoms. The number of hydrogen-bond acceptors (Lipinski definition) is 4. The first-order chi connectivity index (χ1) is 10.8. The number of carboxylic acid groups (broad SMARTS) is 1. The zero-order valence-electron chi connectivity index (χ0n) is 13.7. The van der Waals surface area contributed by atoms with E-state index in [2.05, 4.69) is 32.9 Å². The standard InChI is InChI=1S/C17H23NO4S/c1-17(2,3)12-4-6-13(7-5-12)23-11-15(19)18-8-9-22-10-14(18)16(20)21/h4-7,14H,8-11H2,1-3H3,(H,20,21). The minimum absolute atomic E-state index is 0.0615. The van der Waals surface area contributed by atoms with Crippen molar-refractivity contribution in [1.29, 1.82) is 0 Å². The number of carbonyl (C=O) groups excluding carboxylic acids is 1. The second-order valence-corrected chi connectivity index (χ2v) is 7.63. The Labute approximate surface area is 141 Å². The van der Waals surface area contributed by atoms with Gasteiger partial charge in [-0.05, 0) is 23.1 Å². The minimum Gasteiger partial charge on any atom is -0.480 e. The van der Waals surface area contributed by atoms with E-state index < -0.39 is 12.0 Å². The normalized spacial score (nSPS) is 18.7. The van der Waals surface area contributed by atoms with Crippen LogP contribution in [0.15, 0.2) is 29.2 Å². The summed E-state index contributed by atoms with van der Waals surface area (Å²) in [7, 11) is 0. The Morgan fingerprint density at radius 1 is 1.30 bits per heavy atom. The van der Waals surface area contributed by atoms with Crippen molar-refractivity contribution in [3.05, 3.63) is 29.8 Å². The molecule has 1 aromatic rings. The molecule has 1 aliphatic rings. The van der Waals surface area contributed by atoms with Crippen LogP contribution in [-0.2, 0) is 19.7 Å². The number of benzene rings is 1. The van der Waals surface area contributed by atoms with Crippen LogP contribution in [-0.4, -0.2) is 53.4 Å². The van der Waals surface area contributed by atoms with Gasteiger partial charge in [0.1, 0.15) is 0 Å². The number of hydrogen-bond donors (Lipinski definition) is 1. The van der Waals surface area contributed by atoms with Crippen molar-refractivity contribution < 1.29 is 19.4 Å². The highest BCUT2D eigenvalue weighted by Crippen LogP contribution is 2.26. The largest absolute Gasteiger partial charge is 0.480 e. The Morgan fingerprint density at radius 3 is 2.52 bits per heavy atom. The Hall–Kier alpha value is -1.53. The van der Waals surface area contributed by atoms with Gasteiger partial charge in [-0.25, -0.2) is 4.79 Å². The van der Waals surface area contributed by atoms with Crippen LogP contribution in [0, 0.1) is 0 Å². The van der Waals surface area contributed by atoms with Gasteiger partial charge in [0.2, 0.25) is 5.91 Å². The molecule has 1 atom stereocenters. The summed E-state index contributed by atoms with van der Waals surface area (Å²) in [5.74, 6) is -0.943. The van der Waals surface area contributed by atoms with E-state index in [9.17, 15) is 9.59 Å². The predicted octanol–water partition coefficient (Wildman–Crippen LogP) is 2.39. The molecule has 0 spiro atoms. The number of rotatable bonds is 4. The lowest BCUT2D eigenvalue weighted by molar-refractivity contribution is -0.157. The number of morpholine rings is 1. The molecule has 2 rings (SSSR count). The highest BCUT2D eigenvalue weighted by molar-refractivity contribution is 8.00. The molecule has 126 valence electrons. The van der Waals surface area contributed by atoms with E-state index >= 15 is 0 Å². The van der Waals surface area contributed by atoms with Crippen LogP contribution >= 0.6 is 11.8 Å². The third-order valence-corrected chi connectivity index (χ3v) is 4.81. The fraction of sp³-hybridized carbons (Fsp3) is 0.529. The molecule has 0 aromatic heterocycles. The molecule has 0 bridgehead atoms. The number of amides is 1. The van der Waals surface area contributed by atoms with Crippen molar-refractivity contribution in [1.82, 2.24) is 4.90 Å². The summed E-state index contributed by atoms with van der Waals surface area (Å²) in [5, 5.41) is 9.17. The summed E-state index contributed by atoms with van der Waals surface area (Å²) < 4.78 is 5.15. The van der Waals surface area contributed by atoms with Gasteiger partial charge in [0.15, 0.2) is 6.04 Å². The molecule has 5 nitrogen and oxygen atoms in total. The molecule has 1 aromatic carbocycles. The Bertz CT molecular complexity index is 565. The molecule has 0 aliphatic carbocycles. The number of nitrogens with zero attached hydrogens (tertiary/aromatic N) is 1. The van der Waals surface area contributed by atoms with E-state index in [1.54, 1.807) is 0 Å². The summed E-state index contributed by atoms with van der Waals surface area (Å²) in [6, 6.07) is 7.28. The summed E-state index contributed by atoms with van der Waals surface area (Å²) in [4.78, 5) is 25.9. The molecular formula is C17H23NO4S. The van der Waals surface area contributed by atoms with E-state index in [0.29, 0.717) is 13.2 Å². The first-order valence-corrected chi connectivity index (χ1v) is 8.61. The molecule has 23 heavy (non-hydrogen) atoms. The van der Waals surface area contributed by atoms with E-state index in [0.717, 1.165) is 4.90 Å². The third kappa shape index (κ3) is 4.72. The molecule has 1 aliphatic heterocycles. The van der Waals surface area contributed by atoms with Gasteiger partial charge in [-0.2, -0.15) is 0 Å². The van der Waals surface area contributed by atoms with Crippen molar-refractivity contribution in [3.8, 4) is 0 Å². The van der Waals surface area contributed by atoms with E-state index in [4.69, 9.17) is 9.84 Å². The van der Waals surface area contributed by atoms with Crippen LogP contribution in [0.5, 0.6) is 0 Å². The second-order valence-electron chi connectivity index (χ2n) is 6.58. The number of ether oxygens (including phenoxy) is 1. The summed E-state index contributed by atoms with van der Waals surface area (Å²) >= 11 is 1.43. The number of carbonyl (C=O) groups is 2. The van der Waals surface area contributed by atoms with E-state index in [-0.39, 0.29) is 23.7 Å². The molecule has 1 unspecified atom stereocenters. The lowest BCUT2D eigenvalue weighted by Crippen LogP contribution is -2.53. The van der Waals surface area contributed by atoms with Crippen molar-refractivity contribution in [2.75, 3.05) is 25.5 Å². The highest BCUT2D eigenvalue weighted by Gasteiger charge is 2.32.